The van der Waals surface area contributed by atoms with E-state index in [0.29, 0.717) is 19.6 Å². The van der Waals surface area contributed by atoms with Crippen molar-refractivity contribution in [2.45, 2.75) is 18.2 Å². The lowest BCUT2D eigenvalue weighted by atomic mass is 10.1. The highest BCUT2D eigenvalue weighted by Crippen LogP contribution is 2.25. The second-order valence-electron chi connectivity index (χ2n) is 4.59. The van der Waals surface area contributed by atoms with Crippen LogP contribution in [0.3, 0.4) is 0 Å². The van der Waals surface area contributed by atoms with Gasteiger partial charge in [-0.25, -0.2) is 12.8 Å². The van der Waals surface area contributed by atoms with Crippen molar-refractivity contribution in [3.8, 4) is 0 Å². The van der Waals surface area contributed by atoms with Gasteiger partial charge in [0.25, 0.3) is 15.0 Å². The van der Waals surface area contributed by atoms with E-state index in [1.54, 1.807) is 14.2 Å². The number of methoxy groups -OCH3 is 1. The predicted octanol–water partition coefficient (Wildman–Crippen LogP) is 2.17. The average Bonchev–Trinajstić information content (AvgIpc) is 2.39. The van der Waals surface area contributed by atoms with Crippen LogP contribution in [-0.2, 0) is 13.8 Å². The maximum atomic E-state index is 13.6. The van der Waals surface area contributed by atoms with Crippen molar-refractivity contribution in [2.24, 2.45) is 0 Å². The topological polar surface area (TPSA) is 63.7 Å². The zero-order valence-electron chi connectivity index (χ0n) is 12.0. The zero-order valence-corrected chi connectivity index (χ0v) is 13.6. The molecule has 0 aliphatic rings. The van der Waals surface area contributed by atoms with E-state index < -0.39 is 25.7 Å². The number of rotatable bonds is 6. The second kappa shape index (κ2) is 7.20. The van der Waals surface area contributed by atoms with Crippen molar-refractivity contribution in [3.63, 3.8) is 0 Å². The summed E-state index contributed by atoms with van der Waals surface area (Å²) in [6, 6.07) is 1.81. The van der Waals surface area contributed by atoms with E-state index in [9.17, 15) is 17.6 Å². The van der Waals surface area contributed by atoms with Gasteiger partial charge in [-0.1, -0.05) is 0 Å². The van der Waals surface area contributed by atoms with Crippen molar-refractivity contribution >= 4 is 25.6 Å². The SMILES string of the molecule is COCCCN(C)C(=O)c1cc(F)cc(S(=O)(=O)Cl)c1C. The number of ether oxygens (including phenoxy) is 1. The van der Waals surface area contributed by atoms with E-state index in [4.69, 9.17) is 15.4 Å². The Hall–Kier alpha value is -1.18. The summed E-state index contributed by atoms with van der Waals surface area (Å²) in [6.07, 6.45) is 0.619. The van der Waals surface area contributed by atoms with Gasteiger partial charge in [0.2, 0.25) is 0 Å². The molecule has 1 rings (SSSR count). The lowest BCUT2D eigenvalue weighted by molar-refractivity contribution is 0.0778. The van der Waals surface area contributed by atoms with E-state index in [2.05, 4.69) is 0 Å². The molecule has 0 spiro atoms. The molecule has 0 saturated carbocycles. The van der Waals surface area contributed by atoms with Crippen LogP contribution in [0.15, 0.2) is 17.0 Å². The first-order valence-electron chi connectivity index (χ1n) is 6.17. The van der Waals surface area contributed by atoms with Gasteiger partial charge >= 0.3 is 0 Å². The first kappa shape index (κ1) is 17.9. The average molecular weight is 338 g/mol. The van der Waals surface area contributed by atoms with Gasteiger partial charge in [0, 0.05) is 43.6 Å². The van der Waals surface area contributed by atoms with Gasteiger partial charge in [-0.3, -0.25) is 4.79 Å². The van der Waals surface area contributed by atoms with Crippen molar-refractivity contribution in [2.75, 3.05) is 27.3 Å². The summed E-state index contributed by atoms with van der Waals surface area (Å²) in [5, 5.41) is 0. The van der Waals surface area contributed by atoms with Crippen molar-refractivity contribution in [1.82, 2.24) is 4.90 Å². The summed E-state index contributed by atoms with van der Waals surface area (Å²) in [5.74, 6) is -1.29. The summed E-state index contributed by atoms with van der Waals surface area (Å²) in [5.41, 5.74) is 0.115. The molecule has 0 fully saturated rings. The number of amides is 1. The van der Waals surface area contributed by atoms with Gasteiger partial charge in [-0.05, 0) is 31.0 Å². The number of carbonyl (C=O) groups is 1. The Kier molecular flexibility index (Phi) is 6.12. The Morgan fingerprint density at radius 3 is 2.57 bits per heavy atom. The normalized spacial score (nSPS) is 11.5. The molecule has 1 amide bonds. The van der Waals surface area contributed by atoms with Crippen LogP contribution < -0.4 is 0 Å². The molecule has 0 heterocycles. The van der Waals surface area contributed by atoms with Gasteiger partial charge in [-0.15, -0.1) is 0 Å². The Labute approximate surface area is 128 Å². The molecule has 21 heavy (non-hydrogen) atoms. The molecular weight excluding hydrogens is 321 g/mol. The highest BCUT2D eigenvalue weighted by Gasteiger charge is 2.22. The molecule has 0 saturated heterocycles. The zero-order chi connectivity index (χ0) is 16.2. The summed E-state index contributed by atoms with van der Waals surface area (Å²) in [4.78, 5) is 13.3. The fourth-order valence-corrected chi connectivity index (χ4v) is 3.09. The van der Waals surface area contributed by atoms with E-state index in [1.165, 1.54) is 11.8 Å². The third kappa shape index (κ3) is 4.66. The third-order valence-electron chi connectivity index (χ3n) is 3.01. The smallest absolute Gasteiger partial charge is 0.261 e. The van der Waals surface area contributed by atoms with E-state index in [1.807, 2.05) is 0 Å². The number of benzene rings is 1. The van der Waals surface area contributed by atoms with Crippen LogP contribution in [0.5, 0.6) is 0 Å². The van der Waals surface area contributed by atoms with Gasteiger partial charge in [0.1, 0.15) is 5.82 Å². The van der Waals surface area contributed by atoms with Crippen LogP contribution in [-0.4, -0.2) is 46.5 Å². The van der Waals surface area contributed by atoms with E-state index in [0.717, 1.165) is 12.1 Å². The minimum absolute atomic E-state index is 0.0193. The minimum Gasteiger partial charge on any atom is -0.385 e. The number of hydrogen-bond acceptors (Lipinski definition) is 4. The van der Waals surface area contributed by atoms with Gasteiger partial charge < -0.3 is 9.64 Å². The van der Waals surface area contributed by atoms with Crippen LogP contribution in [0, 0.1) is 12.7 Å². The quantitative estimate of drug-likeness (QED) is 0.589. The number of halogens is 2. The largest absolute Gasteiger partial charge is 0.385 e. The molecule has 0 radical (unpaired) electrons. The summed E-state index contributed by atoms with van der Waals surface area (Å²) < 4.78 is 41.3. The molecule has 1 aromatic rings. The number of nitrogens with zero attached hydrogens (tertiary/aromatic N) is 1. The van der Waals surface area contributed by atoms with Gasteiger partial charge in [0.15, 0.2) is 0 Å². The molecule has 0 atom stereocenters. The van der Waals surface area contributed by atoms with Gasteiger partial charge in [-0.2, -0.15) is 0 Å². The maximum Gasteiger partial charge on any atom is 0.261 e. The minimum atomic E-state index is -4.12. The molecule has 0 aliphatic heterocycles. The first-order chi connectivity index (χ1) is 9.68. The fraction of sp³-hybridized carbons (Fsp3) is 0.462. The van der Waals surface area contributed by atoms with Crippen molar-refractivity contribution in [1.29, 1.82) is 0 Å². The fourth-order valence-electron chi connectivity index (χ4n) is 1.88. The van der Waals surface area contributed by atoms with Crippen molar-refractivity contribution < 1.29 is 22.3 Å². The highest BCUT2D eigenvalue weighted by molar-refractivity contribution is 8.13. The lowest BCUT2D eigenvalue weighted by Crippen LogP contribution is -2.29. The molecular formula is C13H17ClFNO4S. The maximum absolute atomic E-state index is 13.6. The third-order valence-corrected chi connectivity index (χ3v) is 4.45. The molecule has 8 heteroatoms. The Bertz CT molecular complexity index is 633. The predicted molar refractivity (Wildman–Crippen MR) is 77.6 cm³/mol. The molecule has 1 aromatic carbocycles. The Balaban J connectivity index is 3.13. The van der Waals surface area contributed by atoms with Crippen LogP contribution >= 0.6 is 10.7 Å². The van der Waals surface area contributed by atoms with Crippen molar-refractivity contribution in [3.05, 3.63) is 29.1 Å². The molecule has 0 bridgehead atoms. The summed E-state index contributed by atoms with van der Waals surface area (Å²) in [7, 11) is 4.25. The summed E-state index contributed by atoms with van der Waals surface area (Å²) in [6.45, 7) is 2.32. The molecule has 0 N–H and O–H groups in total. The molecule has 5 nitrogen and oxygen atoms in total. The molecule has 0 aliphatic carbocycles. The Morgan fingerprint density at radius 2 is 2.05 bits per heavy atom. The van der Waals surface area contributed by atoms with Crippen LogP contribution in [0.4, 0.5) is 4.39 Å². The van der Waals surface area contributed by atoms with Crippen LogP contribution in [0.25, 0.3) is 0 Å². The monoisotopic (exact) mass is 337 g/mol. The lowest BCUT2D eigenvalue weighted by Gasteiger charge is -2.19. The highest BCUT2D eigenvalue weighted by atomic mass is 35.7. The standard InChI is InChI=1S/C13H17ClFNO4S/c1-9-11(13(17)16(2)5-4-6-20-3)7-10(15)8-12(9)21(14,18)19/h7-8H,4-6H2,1-3H3. The number of carbonyl (C=O) groups excluding carboxylic acids is 1. The van der Waals surface area contributed by atoms with Gasteiger partial charge in [0.05, 0.1) is 4.90 Å². The molecule has 0 unspecified atom stereocenters. The number of hydrogen-bond donors (Lipinski definition) is 0. The Morgan fingerprint density at radius 1 is 1.43 bits per heavy atom. The molecule has 118 valence electrons. The first-order valence-corrected chi connectivity index (χ1v) is 8.48. The van der Waals surface area contributed by atoms with Crippen LogP contribution in [0.1, 0.15) is 22.3 Å². The second-order valence-corrected chi connectivity index (χ2v) is 7.12. The molecule has 0 aromatic heterocycles. The van der Waals surface area contributed by atoms with E-state index in [-0.39, 0.29) is 11.1 Å². The summed E-state index contributed by atoms with van der Waals surface area (Å²) >= 11 is 0. The van der Waals surface area contributed by atoms with E-state index >= 15 is 0 Å². The van der Waals surface area contributed by atoms with Crippen LogP contribution in [0.2, 0.25) is 0 Å².